The number of hydrogen-bond donors (Lipinski definition) is 1. The van der Waals surface area contributed by atoms with Gasteiger partial charge in [-0.1, -0.05) is 28.9 Å². The summed E-state index contributed by atoms with van der Waals surface area (Å²) >= 11 is 3.49. The highest BCUT2D eigenvalue weighted by Crippen LogP contribution is 2.60. The fourth-order valence-electron chi connectivity index (χ4n) is 3.78. The summed E-state index contributed by atoms with van der Waals surface area (Å²) in [6, 6.07) is 8.14. The minimum Gasteiger partial charge on any atom is -0.494 e. The highest BCUT2D eigenvalue weighted by atomic mass is 79.9. The van der Waals surface area contributed by atoms with Gasteiger partial charge in [0.1, 0.15) is 5.75 Å². The van der Waals surface area contributed by atoms with Crippen LogP contribution >= 0.6 is 15.9 Å². The molecule has 0 bridgehead atoms. The zero-order valence-electron chi connectivity index (χ0n) is 12.2. The smallest absolute Gasteiger partial charge is 0.120 e. The Kier molecular flexibility index (Phi) is 4.37. The van der Waals surface area contributed by atoms with Crippen molar-refractivity contribution < 1.29 is 4.74 Å². The third-order valence-corrected chi connectivity index (χ3v) is 5.40. The second-order valence-corrected chi connectivity index (χ2v) is 7.42. The van der Waals surface area contributed by atoms with Gasteiger partial charge in [-0.3, -0.25) is 0 Å². The molecule has 2 nitrogen and oxygen atoms in total. The van der Waals surface area contributed by atoms with Crippen molar-refractivity contribution in [2.24, 2.45) is 17.3 Å². The third kappa shape index (κ3) is 3.37. The lowest BCUT2D eigenvalue weighted by molar-refractivity contribution is 0.177. The van der Waals surface area contributed by atoms with E-state index in [1.807, 2.05) is 24.3 Å². The number of fused-ring (bicyclic) bond motifs is 1. The number of ether oxygens (including phenoxy) is 1. The summed E-state index contributed by atoms with van der Waals surface area (Å²) < 4.78 is 7.03. The number of nitrogens with one attached hydrogen (secondary N) is 1. The molecule has 2 unspecified atom stereocenters. The molecule has 3 rings (SSSR count). The minimum atomic E-state index is 0.496. The van der Waals surface area contributed by atoms with E-state index >= 15 is 0 Å². The molecular weight excluding hydrogens is 314 g/mol. The SMILES string of the molecule is CCNCC1(CCOc2cccc(Br)c2)CC2CC2C1. The Bertz CT molecular complexity index is 452. The van der Waals surface area contributed by atoms with E-state index in [0.29, 0.717) is 5.41 Å². The van der Waals surface area contributed by atoms with E-state index in [1.54, 1.807) is 0 Å². The quantitative estimate of drug-likeness (QED) is 0.803. The van der Waals surface area contributed by atoms with Crippen molar-refractivity contribution in [3.63, 3.8) is 0 Å². The van der Waals surface area contributed by atoms with Gasteiger partial charge >= 0.3 is 0 Å². The van der Waals surface area contributed by atoms with Crippen molar-refractivity contribution in [3.05, 3.63) is 28.7 Å². The molecule has 0 radical (unpaired) electrons. The summed E-state index contributed by atoms with van der Waals surface area (Å²) in [7, 11) is 0. The van der Waals surface area contributed by atoms with Crippen LogP contribution in [-0.4, -0.2) is 19.7 Å². The summed E-state index contributed by atoms with van der Waals surface area (Å²) in [5, 5.41) is 3.57. The van der Waals surface area contributed by atoms with Crippen molar-refractivity contribution in [1.29, 1.82) is 0 Å². The molecule has 0 heterocycles. The highest BCUT2D eigenvalue weighted by Gasteiger charge is 2.53. The topological polar surface area (TPSA) is 21.3 Å². The second-order valence-electron chi connectivity index (χ2n) is 6.50. The van der Waals surface area contributed by atoms with E-state index < -0.39 is 0 Å². The van der Waals surface area contributed by atoms with Crippen molar-refractivity contribution >= 4 is 15.9 Å². The fraction of sp³-hybridized carbons (Fsp3) is 0.647. The van der Waals surface area contributed by atoms with Crippen molar-refractivity contribution in [2.45, 2.75) is 32.6 Å². The van der Waals surface area contributed by atoms with Crippen LogP contribution in [0.5, 0.6) is 5.75 Å². The lowest BCUT2D eigenvalue weighted by atomic mass is 9.80. The monoisotopic (exact) mass is 337 g/mol. The van der Waals surface area contributed by atoms with Gasteiger partial charge < -0.3 is 10.1 Å². The van der Waals surface area contributed by atoms with Crippen LogP contribution in [0.15, 0.2) is 28.7 Å². The van der Waals surface area contributed by atoms with E-state index in [-0.39, 0.29) is 0 Å². The molecule has 2 aliphatic rings. The molecule has 0 amide bonds. The first-order valence-electron chi connectivity index (χ1n) is 7.80. The van der Waals surface area contributed by atoms with Crippen LogP contribution < -0.4 is 10.1 Å². The molecule has 1 aromatic carbocycles. The van der Waals surface area contributed by atoms with Gasteiger partial charge in [-0.05, 0) is 67.7 Å². The van der Waals surface area contributed by atoms with E-state index in [2.05, 4.69) is 28.2 Å². The maximum absolute atomic E-state index is 5.95. The minimum absolute atomic E-state index is 0.496. The summed E-state index contributed by atoms with van der Waals surface area (Å²) in [5.41, 5.74) is 0.496. The van der Waals surface area contributed by atoms with Gasteiger partial charge in [-0.2, -0.15) is 0 Å². The Morgan fingerprint density at radius 2 is 2.15 bits per heavy atom. The van der Waals surface area contributed by atoms with Gasteiger partial charge in [0.25, 0.3) is 0 Å². The molecule has 110 valence electrons. The van der Waals surface area contributed by atoms with Crippen LogP contribution in [0.1, 0.15) is 32.6 Å². The first-order valence-corrected chi connectivity index (χ1v) is 8.59. The summed E-state index contributed by atoms with van der Waals surface area (Å²) in [4.78, 5) is 0. The molecule has 0 aliphatic heterocycles. The van der Waals surface area contributed by atoms with Gasteiger partial charge in [-0.25, -0.2) is 0 Å². The largest absolute Gasteiger partial charge is 0.494 e. The number of rotatable bonds is 7. The first-order chi connectivity index (χ1) is 9.71. The third-order valence-electron chi connectivity index (χ3n) is 4.91. The molecular formula is C17H24BrNO. The number of hydrogen-bond acceptors (Lipinski definition) is 2. The highest BCUT2D eigenvalue weighted by molar-refractivity contribution is 9.10. The summed E-state index contributed by atoms with van der Waals surface area (Å²) in [5.74, 6) is 3.03. The van der Waals surface area contributed by atoms with Gasteiger partial charge in [-0.15, -0.1) is 0 Å². The maximum Gasteiger partial charge on any atom is 0.120 e. The molecule has 3 heteroatoms. The number of benzene rings is 1. The maximum atomic E-state index is 5.95. The standard InChI is InChI=1S/C17H24BrNO/c1-2-19-12-17(10-13-8-14(13)11-17)6-7-20-16-5-3-4-15(18)9-16/h3-5,9,13-14,19H,2,6-8,10-12H2,1H3. The van der Waals surface area contributed by atoms with E-state index in [1.165, 1.54) is 32.2 Å². The van der Waals surface area contributed by atoms with Gasteiger partial charge in [0.05, 0.1) is 6.61 Å². The summed E-state index contributed by atoms with van der Waals surface area (Å²) in [6.07, 6.45) is 5.49. The van der Waals surface area contributed by atoms with Crippen molar-refractivity contribution in [1.82, 2.24) is 5.32 Å². The van der Waals surface area contributed by atoms with Crippen LogP contribution in [0.2, 0.25) is 0 Å². The fourth-order valence-corrected chi connectivity index (χ4v) is 4.15. The lowest BCUT2D eigenvalue weighted by Gasteiger charge is -2.31. The van der Waals surface area contributed by atoms with Crippen LogP contribution in [-0.2, 0) is 0 Å². The molecule has 1 N–H and O–H groups in total. The Labute approximate surface area is 130 Å². The van der Waals surface area contributed by atoms with Crippen LogP contribution in [0.25, 0.3) is 0 Å². The molecule has 2 aliphatic carbocycles. The molecule has 1 aromatic rings. The molecule has 2 atom stereocenters. The predicted molar refractivity (Wildman–Crippen MR) is 86.1 cm³/mol. The Balaban J connectivity index is 1.52. The Morgan fingerprint density at radius 1 is 1.35 bits per heavy atom. The summed E-state index contributed by atoms with van der Waals surface area (Å²) in [6.45, 7) is 5.27. The molecule has 0 saturated heterocycles. The van der Waals surface area contributed by atoms with Gasteiger partial charge in [0, 0.05) is 11.0 Å². The zero-order chi connectivity index (χ0) is 14.0. The van der Waals surface area contributed by atoms with Crippen molar-refractivity contribution in [3.8, 4) is 5.75 Å². The molecule has 0 aromatic heterocycles. The van der Waals surface area contributed by atoms with E-state index in [0.717, 1.165) is 35.2 Å². The Hall–Kier alpha value is -0.540. The van der Waals surface area contributed by atoms with Gasteiger partial charge in [0.2, 0.25) is 0 Å². The molecule has 2 saturated carbocycles. The normalized spacial score (nSPS) is 31.1. The van der Waals surface area contributed by atoms with Gasteiger partial charge in [0.15, 0.2) is 0 Å². The van der Waals surface area contributed by atoms with Crippen LogP contribution in [0.3, 0.4) is 0 Å². The average Bonchev–Trinajstić information content (AvgIpc) is 3.05. The number of halogens is 1. The zero-order valence-corrected chi connectivity index (χ0v) is 13.8. The lowest BCUT2D eigenvalue weighted by Crippen LogP contribution is -2.34. The van der Waals surface area contributed by atoms with E-state index in [4.69, 9.17) is 4.74 Å². The first kappa shape index (κ1) is 14.4. The molecule has 2 fully saturated rings. The van der Waals surface area contributed by atoms with Crippen molar-refractivity contribution in [2.75, 3.05) is 19.7 Å². The predicted octanol–water partition coefficient (Wildman–Crippen LogP) is 4.24. The molecule has 0 spiro atoms. The Morgan fingerprint density at radius 3 is 2.85 bits per heavy atom. The van der Waals surface area contributed by atoms with Crippen LogP contribution in [0, 0.1) is 17.3 Å². The average molecular weight is 338 g/mol. The second kappa shape index (κ2) is 6.07. The molecule has 20 heavy (non-hydrogen) atoms. The van der Waals surface area contributed by atoms with E-state index in [9.17, 15) is 0 Å². The van der Waals surface area contributed by atoms with Crippen LogP contribution in [0.4, 0.5) is 0 Å².